The second-order valence-corrected chi connectivity index (χ2v) is 3.26. The molecule has 0 spiro atoms. The lowest BCUT2D eigenvalue weighted by molar-refractivity contribution is 0.857. The van der Waals surface area contributed by atoms with Gasteiger partial charge < -0.3 is 0 Å². The van der Waals surface area contributed by atoms with Gasteiger partial charge in [0.15, 0.2) is 0 Å². The minimum atomic E-state index is -0.574. The van der Waals surface area contributed by atoms with Crippen LogP contribution in [-0.4, -0.2) is 8.65 Å². The van der Waals surface area contributed by atoms with Crippen LogP contribution in [0.5, 0.6) is 0 Å². The second kappa shape index (κ2) is 3.74. The van der Waals surface area contributed by atoms with E-state index in [9.17, 15) is 9.59 Å². The van der Waals surface area contributed by atoms with Crippen molar-refractivity contribution in [2.45, 2.75) is 0 Å². The van der Waals surface area contributed by atoms with Crippen molar-refractivity contribution >= 4 is 11.8 Å². The largest absolute Gasteiger partial charge is 0.350 e. The van der Waals surface area contributed by atoms with Crippen LogP contribution < -0.4 is 11.2 Å². The fourth-order valence-electron chi connectivity index (χ4n) is 1.24. The highest BCUT2D eigenvalue weighted by molar-refractivity contribution is 6.15. The zero-order chi connectivity index (χ0) is 10.8. The molecule has 15 heavy (non-hydrogen) atoms. The summed E-state index contributed by atoms with van der Waals surface area (Å²) < 4.78 is 1.85. The lowest BCUT2D eigenvalue weighted by Gasteiger charge is -2.04. The van der Waals surface area contributed by atoms with Crippen molar-refractivity contribution in [3.8, 4) is 5.69 Å². The van der Waals surface area contributed by atoms with E-state index in [0.29, 0.717) is 9.77 Å². The third-order valence-electron chi connectivity index (χ3n) is 1.97. The van der Waals surface area contributed by atoms with Gasteiger partial charge in [0.05, 0.1) is 5.69 Å². The summed E-state index contributed by atoms with van der Waals surface area (Å²) in [5, 5.41) is 0. The van der Waals surface area contributed by atoms with Crippen LogP contribution in [0, 0.1) is 0 Å². The van der Waals surface area contributed by atoms with Crippen LogP contribution in [0.4, 0.5) is 0 Å². The number of rotatable bonds is 1. The monoisotopic (exact) mass is 222 g/mol. The van der Waals surface area contributed by atoms with Gasteiger partial charge >= 0.3 is 5.69 Å². The van der Waals surface area contributed by atoms with E-state index < -0.39 is 11.2 Å². The van der Waals surface area contributed by atoms with Crippen molar-refractivity contribution in [1.82, 2.24) is 8.65 Å². The van der Waals surface area contributed by atoms with Crippen LogP contribution in [0.15, 0.2) is 52.2 Å². The summed E-state index contributed by atoms with van der Waals surface area (Å²) in [5.74, 6) is 0. The molecule has 0 amide bonds. The minimum Gasteiger partial charge on any atom is -0.268 e. The van der Waals surface area contributed by atoms with Crippen LogP contribution >= 0.6 is 11.8 Å². The normalized spacial score (nSPS) is 10.2. The minimum absolute atomic E-state index is 0.533. The fraction of sp³-hybridized carbons (Fsp3) is 0. The lowest BCUT2D eigenvalue weighted by atomic mass is 10.3. The Hall–Kier alpha value is -1.81. The molecule has 76 valence electrons. The maximum Gasteiger partial charge on any atom is 0.350 e. The molecule has 0 N–H and O–H groups in total. The maximum absolute atomic E-state index is 11.6. The summed E-state index contributed by atoms with van der Waals surface area (Å²) in [6.45, 7) is 0. The molecular weight excluding hydrogens is 216 g/mol. The van der Waals surface area contributed by atoms with E-state index in [2.05, 4.69) is 0 Å². The van der Waals surface area contributed by atoms with Gasteiger partial charge in [-0.2, -0.15) is 4.09 Å². The van der Waals surface area contributed by atoms with Gasteiger partial charge in [0.25, 0.3) is 5.56 Å². The molecule has 0 aliphatic heterocycles. The molecule has 0 bridgehead atoms. The standard InChI is InChI=1S/C10H7ClN2O2/c11-13-9(14)6-7-12(10(13)15)8-4-2-1-3-5-8/h1-7H. The number of para-hydroxylation sites is 1. The smallest absolute Gasteiger partial charge is 0.268 e. The molecule has 0 saturated carbocycles. The summed E-state index contributed by atoms with van der Waals surface area (Å²) in [6, 6.07) is 10.2. The molecule has 0 unspecified atom stereocenters. The lowest BCUT2D eigenvalue weighted by Crippen LogP contribution is -2.33. The zero-order valence-corrected chi connectivity index (χ0v) is 8.39. The molecule has 0 aliphatic carbocycles. The van der Waals surface area contributed by atoms with E-state index in [4.69, 9.17) is 11.8 Å². The number of hydrogen-bond donors (Lipinski definition) is 0. The molecule has 0 atom stereocenters. The van der Waals surface area contributed by atoms with Gasteiger partial charge in [0.2, 0.25) is 0 Å². The van der Waals surface area contributed by atoms with Crippen molar-refractivity contribution in [3.63, 3.8) is 0 Å². The summed E-state index contributed by atoms with van der Waals surface area (Å²) in [5.41, 5.74) is -0.443. The van der Waals surface area contributed by atoms with Gasteiger partial charge in [-0.15, -0.1) is 0 Å². The van der Waals surface area contributed by atoms with Crippen molar-refractivity contribution in [2.24, 2.45) is 0 Å². The SMILES string of the molecule is O=c1ccn(-c2ccccc2)c(=O)n1Cl. The van der Waals surface area contributed by atoms with Crippen molar-refractivity contribution in [1.29, 1.82) is 0 Å². The summed E-state index contributed by atoms with van der Waals surface area (Å²) in [6.07, 6.45) is 1.40. The molecular formula is C10H7ClN2O2. The van der Waals surface area contributed by atoms with Gasteiger partial charge in [-0.3, -0.25) is 9.36 Å². The van der Waals surface area contributed by atoms with Crippen LogP contribution in [-0.2, 0) is 0 Å². The summed E-state index contributed by atoms with van der Waals surface area (Å²) in [7, 11) is 0. The number of hydrogen-bond acceptors (Lipinski definition) is 2. The first-order chi connectivity index (χ1) is 7.20. The van der Waals surface area contributed by atoms with E-state index in [0.717, 1.165) is 0 Å². The highest BCUT2D eigenvalue weighted by atomic mass is 35.5. The molecule has 5 heteroatoms. The summed E-state index contributed by atoms with van der Waals surface area (Å²) in [4.78, 5) is 22.6. The van der Waals surface area contributed by atoms with Crippen molar-refractivity contribution in [3.05, 3.63) is 63.4 Å². The van der Waals surface area contributed by atoms with Gasteiger partial charge in [-0.1, -0.05) is 18.2 Å². The molecule has 1 heterocycles. The van der Waals surface area contributed by atoms with E-state index in [1.807, 2.05) is 6.07 Å². The predicted molar refractivity (Wildman–Crippen MR) is 57.6 cm³/mol. The molecule has 2 rings (SSSR count). The van der Waals surface area contributed by atoms with Gasteiger partial charge in [-0.25, -0.2) is 4.79 Å². The molecule has 0 fully saturated rings. The Kier molecular flexibility index (Phi) is 2.43. The van der Waals surface area contributed by atoms with Crippen LogP contribution in [0.2, 0.25) is 0 Å². The van der Waals surface area contributed by atoms with Crippen LogP contribution in [0.25, 0.3) is 5.69 Å². The molecule has 4 nitrogen and oxygen atoms in total. The van der Waals surface area contributed by atoms with E-state index >= 15 is 0 Å². The number of aromatic nitrogens is 2. The Morgan fingerprint density at radius 1 is 1.00 bits per heavy atom. The van der Waals surface area contributed by atoms with Gasteiger partial charge in [0, 0.05) is 24.0 Å². The number of halogens is 1. The Balaban J connectivity index is 2.71. The molecule has 0 saturated heterocycles. The van der Waals surface area contributed by atoms with Gasteiger partial charge in [0.1, 0.15) is 0 Å². The highest BCUT2D eigenvalue weighted by Gasteiger charge is 2.03. The van der Waals surface area contributed by atoms with Crippen molar-refractivity contribution < 1.29 is 0 Å². The van der Waals surface area contributed by atoms with Crippen molar-refractivity contribution in [2.75, 3.05) is 0 Å². The predicted octanol–water partition coefficient (Wildman–Crippen LogP) is 1.00. The molecule has 2 aromatic rings. The number of benzene rings is 1. The first-order valence-electron chi connectivity index (χ1n) is 4.26. The third-order valence-corrected chi connectivity index (χ3v) is 2.28. The number of nitrogens with zero attached hydrogens (tertiary/aromatic N) is 2. The summed E-state index contributed by atoms with van der Waals surface area (Å²) >= 11 is 5.50. The zero-order valence-electron chi connectivity index (χ0n) is 7.63. The average molecular weight is 223 g/mol. The second-order valence-electron chi connectivity index (χ2n) is 2.92. The Morgan fingerprint density at radius 3 is 2.33 bits per heavy atom. The van der Waals surface area contributed by atoms with E-state index in [1.165, 1.54) is 16.8 Å². The molecule has 1 aromatic carbocycles. The average Bonchev–Trinajstić information content (AvgIpc) is 2.27. The topological polar surface area (TPSA) is 44.0 Å². The first kappa shape index (κ1) is 9.73. The Bertz CT molecular complexity index is 586. The molecule has 0 aliphatic rings. The Morgan fingerprint density at radius 2 is 1.67 bits per heavy atom. The highest BCUT2D eigenvalue weighted by Crippen LogP contribution is 2.01. The van der Waals surface area contributed by atoms with E-state index in [-0.39, 0.29) is 0 Å². The Labute approximate surface area is 90.1 Å². The molecule has 1 aromatic heterocycles. The first-order valence-corrected chi connectivity index (χ1v) is 4.60. The maximum atomic E-state index is 11.6. The quantitative estimate of drug-likeness (QED) is 0.723. The molecule has 0 radical (unpaired) electrons. The van der Waals surface area contributed by atoms with Gasteiger partial charge in [-0.05, 0) is 12.1 Å². The van der Waals surface area contributed by atoms with Crippen LogP contribution in [0.1, 0.15) is 0 Å². The fourth-order valence-corrected chi connectivity index (χ4v) is 1.38. The van der Waals surface area contributed by atoms with E-state index in [1.54, 1.807) is 24.3 Å². The third kappa shape index (κ3) is 1.71. The van der Waals surface area contributed by atoms with Crippen LogP contribution in [0.3, 0.4) is 0 Å².